The standard InChI is InChI=1S/C6H7NO4.C6H3NO2/c1-10-3-4-2-5(6(8)9)7-11-4;1-2-6-5-3-4(1)7(5)9-8-6/h2H,3H2,1H3,(H,8,9);1-3H. The first-order valence-corrected chi connectivity index (χ1v) is 5.65. The average Bonchev–Trinajstić information content (AvgIpc) is 2.96. The number of methoxy groups -OCH3 is 1. The van der Waals surface area contributed by atoms with Gasteiger partial charge in [-0.15, -0.1) is 4.74 Å². The normalized spacial score (nSPS) is 11.1. The molecule has 1 N–H and O–H groups in total. The number of carboxylic acid groups (broad SMARTS) is 1. The third-order valence-corrected chi connectivity index (χ3v) is 2.66. The first kappa shape index (κ1) is 12.3. The van der Waals surface area contributed by atoms with E-state index in [0.717, 1.165) is 16.8 Å². The summed E-state index contributed by atoms with van der Waals surface area (Å²) in [4.78, 5) is 10.3. The smallest absolute Gasteiger partial charge is 0.358 e. The molecule has 20 heavy (non-hydrogen) atoms. The number of hydrogen-bond donors (Lipinski definition) is 1. The van der Waals surface area contributed by atoms with Crippen LogP contribution in [0.15, 0.2) is 38.0 Å². The van der Waals surface area contributed by atoms with Crippen LogP contribution in [0.4, 0.5) is 0 Å². The summed E-state index contributed by atoms with van der Waals surface area (Å²) in [5.74, 6) is -0.694. The number of benzene rings is 1. The molecule has 0 unspecified atom stereocenters. The molecule has 0 saturated heterocycles. The Morgan fingerprint density at radius 2 is 2.30 bits per heavy atom. The maximum atomic E-state index is 10.3. The van der Waals surface area contributed by atoms with Gasteiger partial charge < -0.3 is 14.4 Å². The molecule has 2 aromatic rings. The second kappa shape index (κ2) is 4.74. The van der Waals surface area contributed by atoms with Gasteiger partial charge in [-0.25, -0.2) is 4.79 Å². The van der Waals surface area contributed by atoms with Crippen LogP contribution in [0, 0.1) is 0 Å². The summed E-state index contributed by atoms with van der Waals surface area (Å²) in [6.07, 6.45) is 0. The van der Waals surface area contributed by atoms with Gasteiger partial charge >= 0.3 is 5.97 Å². The molecular weight excluding hydrogens is 268 g/mol. The van der Waals surface area contributed by atoms with Crippen molar-refractivity contribution >= 4 is 17.1 Å². The topological polar surface area (TPSA) is 104 Å². The second-order valence-corrected chi connectivity index (χ2v) is 4.02. The summed E-state index contributed by atoms with van der Waals surface area (Å²) in [5.41, 5.74) is 2.81. The molecule has 0 fully saturated rings. The SMILES string of the molecule is COCc1cc(C(=O)O)no1.c1cc2cc3c1oon2-3. The fraction of sp³-hybridized carbons (Fsp3) is 0.167. The van der Waals surface area contributed by atoms with Gasteiger partial charge in [0.05, 0.1) is 5.52 Å². The van der Waals surface area contributed by atoms with Crippen LogP contribution in [0.3, 0.4) is 0 Å². The van der Waals surface area contributed by atoms with Gasteiger partial charge in [0.1, 0.15) is 12.3 Å². The zero-order valence-corrected chi connectivity index (χ0v) is 10.4. The van der Waals surface area contributed by atoms with Gasteiger partial charge in [-0.2, -0.15) is 4.68 Å². The largest absolute Gasteiger partial charge is 0.476 e. The lowest BCUT2D eigenvalue weighted by Gasteiger charge is -2.05. The van der Waals surface area contributed by atoms with Crippen LogP contribution in [0.5, 0.6) is 0 Å². The number of fused-ring (bicyclic) bond motifs is 1. The first-order valence-electron chi connectivity index (χ1n) is 5.65. The molecule has 0 saturated carbocycles. The van der Waals surface area contributed by atoms with Crippen LogP contribution >= 0.6 is 0 Å². The van der Waals surface area contributed by atoms with Crippen molar-refractivity contribution in [3.8, 4) is 5.69 Å². The number of hydrogen-bond acceptors (Lipinski definition) is 6. The summed E-state index contributed by atoms with van der Waals surface area (Å²) in [5, 5.41) is 11.7. The van der Waals surface area contributed by atoms with Crippen LogP contribution in [-0.2, 0) is 11.3 Å². The van der Waals surface area contributed by atoms with Crippen LogP contribution < -0.4 is 0 Å². The van der Waals surface area contributed by atoms with Gasteiger partial charge in [0, 0.05) is 13.2 Å². The Bertz CT molecular complexity index is 765. The molecule has 1 aromatic heterocycles. The quantitative estimate of drug-likeness (QED) is 0.573. The molecule has 3 aliphatic rings. The molecule has 104 valence electrons. The highest BCUT2D eigenvalue weighted by Gasteiger charge is 2.18. The van der Waals surface area contributed by atoms with Gasteiger partial charge in [-0.05, 0) is 18.2 Å². The highest BCUT2D eigenvalue weighted by atomic mass is 17.0. The van der Waals surface area contributed by atoms with Crippen molar-refractivity contribution in [3.63, 3.8) is 0 Å². The predicted octanol–water partition coefficient (Wildman–Crippen LogP) is 2.21. The average molecular weight is 278 g/mol. The van der Waals surface area contributed by atoms with Crippen LogP contribution in [0.25, 0.3) is 16.8 Å². The molecule has 4 bridgehead atoms. The van der Waals surface area contributed by atoms with Gasteiger partial charge in [-0.3, -0.25) is 4.58 Å². The van der Waals surface area contributed by atoms with Crippen molar-refractivity contribution in [1.82, 2.24) is 9.90 Å². The number of carbonyl (C=O) groups is 1. The van der Waals surface area contributed by atoms with E-state index in [-0.39, 0.29) is 12.3 Å². The van der Waals surface area contributed by atoms with Gasteiger partial charge in [0.2, 0.25) is 5.58 Å². The molecule has 0 spiro atoms. The van der Waals surface area contributed by atoms with Crippen molar-refractivity contribution in [2.45, 2.75) is 6.61 Å². The van der Waals surface area contributed by atoms with Gasteiger partial charge in [0.15, 0.2) is 11.5 Å². The number of nitrogens with zero attached hydrogens (tertiary/aromatic N) is 2. The number of ether oxygens (including phenoxy) is 1. The molecule has 0 radical (unpaired) electrons. The van der Waals surface area contributed by atoms with E-state index >= 15 is 0 Å². The Labute approximate surface area is 111 Å². The van der Waals surface area contributed by atoms with E-state index in [4.69, 9.17) is 19.1 Å². The molecule has 0 aliphatic carbocycles. The number of carboxylic acids is 1. The minimum absolute atomic E-state index is 0.1000. The van der Waals surface area contributed by atoms with E-state index < -0.39 is 5.97 Å². The van der Waals surface area contributed by atoms with E-state index in [1.165, 1.54) is 13.2 Å². The highest BCUT2D eigenvalue weighted by molar-refractivity contribution is 5.85. The number of rotatable bonds is 3. The molecular formula is C12H10N2O6. The fourth-order valence-corrected chi connectivity index (χ4v) is 1.72. The molecule has 0 atom stereocenters. The van der Waals surface area contributed by atoms with Crippen molar-refractivity contribution in [3.05, 3.63) is 35.7 Å². The lowest BCUT2D eigenvalue weighted by Crippen LogP contribution is -1.99. The highest BCUT2D eigenvalue weighted by Crippen LogP contribution is 2.30. The maximum absolute atomic E-state index is 10.3. The van der Waals surface area contributed by atoms with Gasteiger partial charge in [0.25, 0.3) is 0 Å². The lowest BCUT2D eigenvalue weighted by atomic mass is 10.2. The third-order valence-electron chi connectivity index (χ3n) is 2.66. The number of aromatic carboxylic acids is 1. The summed E-state index contributed by atoms with van der Waals surface area (Å²) >= 11 is 0. The summed E-state index contributed by atoms with van der Waals surface area (Å²) in [6.45, 7) is 0.236. The zero-order chi connectivity index (χ0) is 14.1. The van der Waals surface area contributed by atoms with Crippen molar-refractivity contribution < 1.29 is 28.4 Å². The van der Waals surface area contributed by atoms with Crippen molar-refractivity contribution in [2.75, 3.05) is 7.11 Å². The van der Waals surface area contributed by atoms with E-state index in [2.05, 4.69) is 9.68 Å². The summed E-state index contributed by atoms with van der Waals surface area (Å²) in [7, 11) is 1.49. The van der Waals surface area contributed by atoms with Crippen molar-refractivity contribution in [2.24, 2.45) is 0 Å². The fourth-order valence-electron chi connectivity index (χ4n) is 1.72. The van der Waals surface area contributed by atoms with Crippen LogP contribution in [0.1, 0.15) is 16.2 Å². The Morgan fingerprint density at radius 1 is 1.45 bits per heavy atom. The molecule has 0 amide bonds. The first-order chi connectivity index (χ1) is 9.69. The molecule has 8 nitrogen and oxygen atoms in total. The summed E-state index contributed by atoms with van der Waals surface area (Å²) < 4.78 is 20.5. The van der Waals surface area contributed by atoms with E-state index in [1.807, 2.05) is 18.2 Å². The molecule has 3 aliphatic heterocycles. The summed E-state index contributed by atoms with van der Waals surface area (Å²) in [6, 6.07) is 7.19. The van der Waals surface area contributed by atoms with Crippen molar-refractivity contribution in [1.29, 1.82) is 0 Å². The second-order valence-electron chi connectivity index (χ2n) is 4.02. The minimum Gasteiger partial charge on any atom is -0.476 e. The third kappa shape index (κ3) is 2.01. The predicted molar refractivity (Wildman–Crippen MR) is 64.4 cm³/mol. The number of pyridine rings is 1. The van der Waals surface area contributed by atoms with Crippen LogP contribution in [-0.4, -0.2) is 28.1 Å². The Kier molecular flexibility index (Phi) is 2.92. The van der Waals surface area contributed by atoms with Crippen LogP contribution in [0.2, 0.25) is 0 Å². The molecule has 4 heterocycles. The van der Waals surface area contributed by atoms with Gasteiger partial charge in [-0.1, -0.05) is 5.16 Å². The zero-order valence-electron chi connectivity index (χ0n) is 10.4. The Morgan fingerprint density at radius 3 is 2.85 bits per heavy atom. The number of aromatic nitrogens is 2. The molecule has 1 aromatic carbocycles. The Balaban J connectivity index is 0.000000122. The maximum Gasteiger partial charge on any atom is 0.358 e. The van der Waals surface area contributed by atoms with E-state index in [9.17, 15) is 4.79 Å². The van der Waals surface area contributed by atoms with E-state index in [1.54, 1.807) is 4.74 Å². The monoisotopic (exact) mass is 278 g/mol. The lowest BCUT2D eigenvalue weighted by molar-refractivity contribution is 0.00177. The molecule has 5 rings (SSSR count). The Hall–Kier alpha value is -2.74. The minimum atomic E-state index is -1.10. The van der Waals surface area contributed by atoms with E-state index in [0.29, 0.717) is 5.76 Å². The molecule has 8 heteroatoms.